The molecule has 0 saturated carbocycles. The SMILES string of the molecule is CCc1n[nH]c2c1CN(C(=O)c1cc(-c3ccccn3)n[nH]1)CC2. The topological polar surface area (TPSA) is 90.6 Å². The largest absolute Gasteiger partial charge is 0.332 e. The fraction of sp³-hybridized carbons (Fsp3) is 0.294. The molecule has 2 N–H and O–H groups in total. The van der Waals surface area contributed by atoms with Crippen molar-refractivity contribution in [2.45, 2.75) is 26.3 Å². The number of fused-ring (bicyclic) bond motifs is 1. The van der Waals surface area contributed by atoms with Gasteiger partial charge in [0.15, 0.2) is 0 Å². The van der Waals surface area contributed by atoms with Crippen LogP contribution in [-0.4, -0.2) is 42.7 Å². The minimum absolute atomic E-state index is 0.0430. The molecule has 122 valence electrons. The Morgan fingerprint density at radius 2 is 2.17 bits per heavy atom. The van der Waals surface area contributed by atoms with E-state index in [0.717, 1.165) is 35.5 Å². The van der Waals surface area contributed by atoms with Crippen molar-refractivity contribution in [3.63, 3.8) is 0 Å². The van der Waals surface area contributed by atoms with Gasteiger partial charge >= 0.3 is 0 Å². The van der Waals surface area contributed by atoms with Crippen LogP contribution < -0.4 is 0 Å². The first-order chi connectivity index (χ1) is 11.8. The number of hydrogen-bond acceptors (Lipinski definition) is 4. The number of nitrogens with one attached hydrogen (secondary N) is 2. The van der Waals surface area contributed by atoms with Crippen molar-refractivity contribution < 1.29 is 4.79 Å². The van der Waals surface area contributed by atoms with Gasteiger partial charge in [-0.05, 0) is 24.6 Å². The summed E-state index contributed by atoms with van der Waals surface area (Å²) >= 11 is 0. The Balaban J connectivity index is 1.56. The van der Waals surface area contributed by atoms with E-state index in [-0.39, 0.29) is 5.91 Å². The van der Waals surface area contributed by atoms with Gasteiger partial charge in [0, 0.05) is 37.0 Å². The third-order valence-electron chi connectivity index (χ3n) is 4.38. The molecule has 24 heavy (non-hydrogen) atoms. The zero-order valence-electron chi connectivity index (χ0n) is 13.4. The molecule has 3 aromatic heterocycles. The molecular weight excluding hydrogens is 304 g/mol. The minimum atomic E-state index is -0.0430. The Hall–Kier alpha value is -2.96. The van der Waals surface area contributed by atoms with Crippen LogP contribution in [0.25, 0.3) is 11.4 Å². The van der Waals surface area contributed by atoms with Crippen molar-refractivity contribution in [2.24, 2.45) is 0 Å². The molecule has 0 bridgehead atoms. The summed E-state index contributed by atoms with van der Waals surface area (Å²) in [6.07, 6.45) is 3.37. The van der Waals surface area contributed by atoms with Crippen LogP contribution in [0.3, 0.4) is 0 Å². The van der Waals surface area contributed by atoms with Crippen LogP contribution in [0.4, 0.5) is 0 Å². The second kappa shape index (κ2) is 5.92. The van der Waals surface area contributed by atoms with Crippen molar-refractivity contribution in [1.82, 2.24) is 30.3 Å². The maximum absolute atomic E-state index is 12.8. The number of hydrogen-bond donors (Lipinski definition) is 2. The number of amides is 1. The lowest BCUT2D eigenvalue weighted by Gasteiger charge is -2.26. The molecule has 0 radical (unpaired) electrons. The van der Waals surface area contributed by atoms with Crippen LogP contribution in [-0.2, 0) is 19.4 Å². The van der Waals surface area contributed by atoms with E-state index in [1.165, 1.54) is 0 Å². The zero-order chi connectivity index (χ0) is 16.5. The summed E-state index contributed by atoms with van der Waals surface area (Å²) < 4.78 is 0. The van der Waals surface area contributed by atoms with Gasteiger partial charge in [-0.15, -0.1) is 0 Å². The molecule has 4 heterocycles. The molecule has 0 aliphatic carbocycles. The maximum Gasteiger partial charge on any atom is 0.272 e. The summed E-state index contributed by atoms with van der Waals surface area (Å²) in [5.74, 6) is -0.0430. The molecule has 0 saturated heterocycles. The number of H-pyrrole nitrogens is 2. The quantitative estimate of drug-likeness (QED) is 0.771. The van der Waals surface area contributed by atoms with Gasteiger partial charge in [0.25, 0.3) is 5.91 Å². The average molecular weight is 322 g/mol. The normalized spacial score (nSPS) is 13.8. The molecule has 7 nitrogen and oxygen atoms in total. The van der Waals surface area contributed by atoms with Crippen molar-refractivity contribution in [1.29, 1.82) is 0 Å². The van der Waals surface area contributed by atoms with E-state index in [1.807, 2.05) is 23.1 Å². The van der Waals surface area contributed by atoms with Crippen molar-refractivity contribution in [2.75, 3.05) is 6.54 Å². The number of nitrogens with zero attached hydrogens (tertiary/aromatic N) is 4. The van der Waals surface area contributed by atoms with Crippen molar-refractivity contribution >= 4 is 5.91 Å². The van der Waals surface area contributed by atoms with Gasteiger partial charge in [-0.2, -0.15) is 10.2 Å². The molecule has 1 aliphatic heterocycles. The standard InChI is InChI=1S/C17H18N6O/c1-2-12-11-10-23(8-6-13(11)20-19-12)17(24)16-9-15(21-22-16)14-5-3-4-7-18-14/h3-5,7,9H,2,6,8,10H2,1H3,(H,19,20)(H,21,22). The Bertz CT molecular complexity index is 853. The molecule has 0 fully saturated rings. The highest BCUT2D eigenvalue weighted by Crippen LogP contribution is 2.23. The van der Waals surface area contributed by atoms with Crippen LogP contribution in [0.2, 0.25) is 0 Å². The predicted molar refractivity (Wildman–Crippen MR) is 88.2 cm³/mol. The number of pyridine rings is 1. The Morgan fingerprint density at radius 1 is 1.25 bits per heavy atom. The summed E-state index contributed by atoms with van der Waals surface area (Å²) in [6, 6.07) is 7.38. The van der Waals surface area contributed by atoms with Gasteiger partial charge in [0.1, 0.15) is 11.4 Å². The highest BCUT2D eigenvalue weighted by Gasteiger charge is 2.26. The van der Waals surface area contributed by atoms with Gasteiger partial charge in [-0.25, -0.2) is 0 Å². The van der Waals surface area contributed by atoms with Crippen LogP contribution in [0.1, 0.15) is 34.4 Å². The van der Waals surface area contributed by atoms with Crippen LogP contribution in [0, 0.1) is 0 Å². The van der Waals surface area contributed by atoms with E-state index in [4.69, 9.17) is 0 Å². The molecule has 0 aromatic carbocycles. The first-order valence-electron chi connectivity index (χ1n) is 8.07. The van der Waals surface area contributed by atoms with Gasteiger partial charge in [-0.1, -0.05) is 13.0 Å². The molecule has 1 amide bonds. The van der Waals surface area contributed by atoms with Crippen LogP contribution in [0.5, 0.6) is 0 Å². The maximum atomic E-state index is 12.8. The number of aromatic amines is 2. The average Bonchev–Trinajstić information content (AvgIpc) is 3.28. The third-order valence-corrected chi connectivity index (χ3v) is 4.38. The first-order valence-corrected chi connectivity index (χ1v) is 8.07. The van der Waals surface area contributed by atoms with Crippen molar-refractivity contribution in [3.8, 4) is 11.4 Å². The molecule has 0 spiro atoms. The second-order valence-electron chi connectivity index (χ2n) is 5.84. The fourth-order valence-electron chi connectivity index (χ4n) is 3.07. The molecule has 0 unspecified atom stereocenters. The Morgan fingerprint density at radius 3 is 2.96 bits per heavy atom. The highest BCUT2D eigenvalue weighted by molar-refractivity contribution is 5.93. The van der Waals surface area contributed by atoms with Gasteiger partial charge < -0.3 is 4.90 Å². The summed E-state index contributed by atoms with van der Waals surface area (Å²) in [5.41, 5.74) is 5.25. The minimum Gasteiger partial charge on any atom is -0.332 e. The highest BCUT2D eigenvalue weighted by atomic mass is 16.2. The Labute approximate surface area is 139 Å². The summed E-state index contributed by atoms with van der Waals surface area (Å²) in [6.45, 7) is 3.34. The van der Waals surface area contributed by atoms with Crippen molar-refractivity contribution in [3.05, 3.63) is 53.1 Å². The molecule has 7 heteroatoms. The number of aromatic nitrogens is 5. The number of aryl methyl sites for hydroxylation is 1. The lowest BCUT2D eigenvalue weighted by Crippen LogP contribution is -2.36. The van der Waals surface area contributed by atoms with E-state index in [2.05, 4.69) is 32.3 Å². The smallest absolute Gasteiger partial charge is 0.272 e. The molecule has 1 aliphatic rings. The van der Waals surface area contributed by atoms with E-state index in [9.17, 15) is 4.79 Å². The summed E-state index contributed by atoms with van der Waals surface area (Å²) in [7, 11) is 0. The predicted octanol–water partition coefficient (Wildman–Crippen LogP) is 1.96. The van der Waals surface area contributed by atoms with Crippen LogP contribution in [0.15, 0.2) is 30.5 Å². The summed E-state index contributed by atoms with van der Waals surface area (Å²) in [5, 5.41) is 14.5. The van der Waals surface area contributed by atoms with E-state index in [0.29, 0.717) is 24.5 Å². The first kappa shape index (κ1) is 14.6. The lowest BCUT2D eigenvalue weighted by molar-refractivity contribution is 0.0728. The van der Waals surface area contributed by atoms with Gasteiger partial charge in [0.05, 0.1) is 11.4 Å². The van der Waals surface area contributed by atoms with Gasteiger partial charge in [-0.3, -0.25) is 20.0 Å². The summed E-state index contributed by atoms with van der Waals surface area (Å²) in [4.78, 5) is 18.9. The monoisotopic (exact) mass is 322 g/mol. The fourth-order valence-corrected chi connectivity index (χ4v) is 3.07. The van der Waals surface area contributed by atoms with E-state index in [1.54, 1.807) is 12.3 Å². The zero-order valence-corrected chi connectivity index (χ0v) is 13.4. The van der Waals surface area contributed by atoms with Crippen LogP contribution >= 0.6 is 0 Å². The molecule has 4 rings (SSSR count). The lowest BCUT2D eigenvalue weighted by atomic mass is 10.0. The van der Waals surface area contributed by atoms with Gasteiger partial charge in [0.2, 0.25) is 0 Å². The number of carbonyl (C=O) groups is 1. The molecular formula is C17H18N6O. The van der Waals surface area contributed by atoms with E-state index < -0.39 is 0 Å². The molecule has 3 aromatic rings. The third kappa shape index (κ3) is 2.47. The van der Waals surface area contributed by atoms with E-state index >= 15 is 0 Å². The second-order valence-corrected chi connectivity index (χ2v) is 5.84. The number of carbonyl (C=O) groups excluding carboxylic acids is 1. The Kier molecular flexibility index (Phi) is 3.60. The molecule has 0 atom stereocenters. The number of rotatable bonds is 3.